The Labute approximate surface area is 228 Å². The summed E-state index contributed by atoms with van der Waals surface area (Å²) in [4.78, 5) is 9.75. The maximum Gasteiger partial charge on any atom is 0.494 e. The molecule has 4 aromatic carbocycles. The number of benzene rings is 4. The van der Waals surface area contributed by atoms with E-state index < -0.39 is 0 Å². The molecule has 4 nitrogen and oxygen atoms in total. The standard InChI is InChI=1S/C34H29BN2O2/c1-33(2)34(3,4)39-35(38-33)25-16-13-22(14-17-25)26-18-19-29(28-10-6-5-9-27(26)28)30-20-15-24-12-11-23-8-7-21-36-31(23)32(24)37-30/h5-21H,1-4H3. The second-order valence-electron chi connectivity index (χ2n) is 11.3. The number of hydrogen-bond donors (Lipinski definition) is 0. The summed E-state index contributed by atoms with van der Waals surface area (Å²) in [7, 11) is -0.368. The molecule has 3 heterocycles. The topological polar surface area (TPSA) is 44.2 Å². The lowest BCUT2D eigenvalue weighted by molar-refractivity contribution is 0.00578. The lowest BCUT2D eigenvalue weighted by Crippen LogP contribution is -2.41. The lowest BCUT2D eigenvalue weighted by Gasteiger charge is -2.32. The van der Waals surface area contributed by atoms with Gasteiger partial charge in [-0.1, -0.05) is 84.9 Å². The smallest absolute Gasteiger partial charge is 0.399 e. The number of rotatable bonds is 3. The van der Waals surface area contributed by atoms with Gasteiger partial charge in [-0.05, 0) is 67.2 Å². The summed E-state index contributed by atoms with van der Waals surface area (Å²) in [5.74, 6) is 0. The summed E-state index contributed by atoms with van der Waals surface area (Å²) in [6.45, 7) is 8.33. The Morgan fingerprint density at radius 2 is 1.21 bits per heavy atom. The van der Waals surface area contributed by atoms with Crippen LogP contribution >= 0.6 is 0 Å². The molecule has 7 rings (SSSR count). The van der Waals surface area contributed by atoms with Crippen molar-refractivity contribution < 1.29 is 9.31 Å². The van der Waals surface area contributed by atoms with Crippen molar-refractivity contribution in [2.24, 2.45) is 0 Å². The first-order valence-electron chi connectivity index (χ1n) is 13.4. The van der Waals surface area contributed by atoms with Crippen LogP contribution in [0.5, 0.6) is 0 Å². The monoisotopic (exact) mass is 508 g/mol. The Hall–Kier alpha value is -4.06. The minimum Gasteiger partial charge on any atom is -0.399 e. The van der Waals surface area contributed by atoms with E-state index in [1.807, 2.05) is 12.3 Å². The van der Waals surface area contributed by atoms with Gasteiger partial charge in [0.25, 0.3) is 0 Å². The number of fused-ring (bicyclic) bond motifs is 4. The predicted octanol–water partition coefficient (Wildman–Crippen LogP) is 7.57. The highest BCUT2D eigenvalue weighted by atomic mass is 16.7. The first kappa shape index (κ1) is 24.0. The van der Waals surface area contributed by atoms with E-state index in [1.165, 1.54) is 16.3 Å². The van der Waals surface area contributed by atoms with Gasteiger partial charge in [-0.2, -0.15) is 0 Å². The first-order chi connectivity index (χ1) is 18.8. The molecule has 6 aromatic rings. The van der Waals surface area contributed by atoms with E-state index in [0.29, 0.717) is 0 Å². The van der Waals surface area contributed by atoms with Gasteiger partial charge in [-0.15, -0.1) is 0 Å². The summed E-state index contributed by atoms with van der Waals surface area (Å²) < 4.78 is 12.5. The Balaban J connectivity index is 1.30. The number of pyridine rings is 2. The molecule has 2 aromatic heterocycles. The van der Waals surface area contributed by atoms with E-state index >= 15 is 0 Å². The third-order valence-electron chi connectivity index (χ3n) is 8.38. The fourth-order valence-electron chi connectivity index (χ4n) is 5.45. The maximum absolute atomic E-state index is 6.25. The molecule has 0 atom stereocenters. The normalized spacial score (nSPS) is 16.4. The van der Waals surface area contributed by atoms with E-state index in [0.717, 1.165) is 44.1 Å². The molecular weight excluding hydrogens is 479 g/mol. The van der Waals surface area contributed by atoms with Crippen LogP contribution in [-0.2, 0) is 9.31 Å². The molecule has 0 unspecified atom stereocenters. The predicted molar refractivity (Wildman–Crippen MR) is 161 cm³/mol. The molecular formula is C34H29BN2O2. The molecule has 0 aliphatic carbocycles. The molecule has 0 amide bonds. The molecule has 5 heteroatoms. The molecule has 0 radical (unpaired) electrons. The lowest BCUT2D eigenvalue weighted by atomic mass is 9.78. The molecule has 1 saturated heterocycles. The second kappa shape index (κ2) is 8.73. The van der Waals surface area contributed by atoms with Crippen LogP contribution in [0.1, 0.15) is 27.7 Å². The molecule has 1 aliphatic heterocycles. The van der Waals surface area contributed by atoms with Crippen LogP contribution in [0.25, 0.3) is 55.0 Å². The van der Waals surface area contributed by atoms with Gasteiger partial charge in [0.15, 0.2) is 0 Å². The van der Waals surface area contributed by atoms with E-state index in [4.69, 9.17) is 14.3 Å². The Morgan fingerprint density at radius 1 is 0.590 bits per heavy atom. The molecule has 39 heavy (non-hydrogen) atoms. The highest BCUT2D eigenvalue weighted by Gasteiger charge is 2.51. The summed E-state index contributed by atoms with van der Waals surface area (Å²) in [5.41, 5.74) is 6.56. The van der Waals surface area contributed by atoms with Crippen LogP contribution in [0.15, 0.2) is 103 Å². The average molecular weight is 508 g/mol. The van der Waals surface area contributed by atoms with Crippen LogP contribution in [0.4, 0.5) is 0 Å². The molecule has 1 fully saturated rings. The molecule has 0 bridgehead atoms. The van der Waals surface area contributed by atoms with Gasteiger partial charge in [-0.3, -0.25) is 4.98 Å². The maximum atomic E-state index is 6.25. The SMILES string of the molecule is CC1(C)OB(c2ccc(-c3ccc(-c4ccc5ccc6cccnc6c5n4)c4ccccc34)cc2)OC1(C)C. The van der Waals surface area contributed by atoms with E-state index in [1.54, 1.807) is 0 Å². The Kier molecular flexibility index (Phi) is 5.38. The van der Waals surface area contributed by atoms with E-state index in [-0.39, 0.29) is 18.3 Å². The van der Waals surface area contributed by atoms with Gasteiger partial charge < -0.3 is 9.31 Å². The van der Waals surface area contributed by atoms with Crippen LogP contribution < -0.4 is 5.46 Å². The molecule has 190 valence electrons. The average Bonchev–Trinajstić information content (AvgIpc) is 3.18. The number of hydrogen-bond acceptors (Lipinski definition) is 4. The minimum atomic E-state index is -0.368. The molecule has 0 N–H and O–H groups in total. The summed E-state index contributed by atoms with van der Waals surface area (Å²) in [5, 5.41) is 4.55. The van der Waals surface area contributed by atoms with Crippen molar-refractivity contribution in [1.82, 2.24) is 9.97 Å². The van der Waals surface area contributed by atoms with E-state index in [9.17, 15) is 0 Å². The second-order valence-corrected chi connectivity index (χ2v) is 11.3. The zero-order chi connectivity index (χ0) is 26.8. The zero-order valence-corrected chi connectivity index (χ0v) is 22.6. The summed E-state index contributed by atoms with van der Waals surface area (Å²) >= 11 is 0. The van der Waals surface area contributed by atoms with Gasteiger partial charge in [0.1, 0.15) is 0 Å². The van der Waals surface area contributed by atoms with Gasteiger partial charge in [0.05, 0.1) is 27.9 Å². The van der Waals surface area contributed by atoms with Crippen molar-refractivity contribution in [3.63, 3.8) is 0 Å². The minimum absolute atomic E-state index is 0.360. The van der Waals surface area contributed by atoms with Gasteiger partial charge in [0.2, 0.25) is 0 Å². The zero-order valence-electron chi connectivity index (χ0n) is 22.6. The van der Waals surface area contributed by atoms with Gasteiger partial charge in [0, 0.05) is 22.5 Å². The molecule has 1 aliphatic rings. The highest BCUT2D eigenvalue weighted by Crippen LogP contribution is 2.38. The number of aromatic nitrogens is 2. The highest BCUT2D eigenvalue weighted by molar-refractivity contribution is 6.62. The van der Waals surface area contributed by atoms with E-state index in [2.05, 4.69) is 124 Å². The fraction of sp³-hybridized carbons (Fsp3) is 0.176. The van der Waals surface area contributed by atoms with Crippen molar-refractivity contribution in [2.45, 2.75) is 38.9 Å². The van der Waals surface area contributed by atoms with Crippen molar-refractivity contribution in [3.8, 4) is 22.4 Å². The largest absolute Gasteiger partial charge is 0.494 e. The number of nitrogens with zero attached hydrogens (tertiary/aromatic N) is 2. The molecule has 0 saturated carbocycles. The summed E-state index contributed by atoms with van der Waals surface area (Å²) in [6.07, 6.45) is 1.83. The van der Waals surface area contributed by atoms with Crippen molar-refractivity contribution >= 4 is 45.2 Å². The third kappa shape index (κ3) is 3.92. The van der Waals surface area contributed by atoms with Crippen molar-refractivity contribution in [1.29, 1.82) is 0 Å². The Bertz CT molecular complexity index is 1860. The molecule has 0 spiro atoms. The third-order valence-corrected chi connectivity index (χ3v) is 8.38. The van der Waals surface area contributed by atoms with Gasteiger partial charge in [-0.25, -0.2) is 4.98 Å². The Morgan fingerprint density at radius 3 is 1.92 bits per heavy atom. The van der Waals surface area contributed by atoms with Gasteiger partial charge >= 0.3 is 7.12 Å². The van der Waals surface area contributed by atoms with Crippen LogP contribution in [0.3, 0.4) is 0 Å². The fourth-order valence-corrected chi connectivity index (χ4v) is 5.45. The first-order valence-corrected chi connectivity index (χ1v) is 13.4. The summed E-state index contributed by atoms with van der Waals surface area (Å²) in [6, 6.07) is 34.0. The van der Waals surface area contributed by atoms with Crippen LogP contribution in [0, 0.1) is 0 Å². The van der Waals surface area contributed by atoms with Crippen LogP contribution in [-0.4, -0.2) is 28.3 Å². The van der Waals surface area contributed by atoms with Crippen LogP contribution in [0.2, 0.25) is 0 Å². The van der Waals surface area contributed by atoms with Crippen molar-refractivity contribution in [2.75, 3.05) is 0 Å². The quantitative estimate of drug-likeness (QED) is 0.183. The van der Waals surface area contributed by atoms with Crippen molar-refractivity contribution in [3.05, 3.63) is 103 Å².